The van der Waals surface area contributed by atoms with E-state index < -0.39 is 29.9 Å². The van der Waals surface area contributed by atoms with E-state index in [1.165, 1.54) is 12.8 Å². The van der Waals surface area contributed by atoms with Crippen LogP contribution in [0.1, 0.15) is 40.0 Å². The molecule has 119 valence electrons. The maximum absolute atomic E-state index is 11.3. The number of nitrogens with one attached hydrogen (secondary N) is 3. The zero-order valence-corrected chi connectivity index (χ0v) is 15.9. The summed E-state index contributed by atoms with van der Waals surface area (Å²) >= 11 is 0. The van der Waals surface area contributed by atoms with Crippen LogP contribution in [0.4, 0.5) is 4.79 Å². The zero-order valence-electron chi connectivity index (χ0n) is 13.1. The largest absolute Gasteiger partial charge is 0.375 e. The second kappa shape index (κ2) is 12.0. The van der Waals surface area contributed by atoms with Crippen molar-refractivity contribution in [1.29, 1.82) is 0 Å². The molecule has 0 spiro atoms. The topological polar surface area (TPSA) is 87.3 Å². The van der Waals surface area contributed by atoms with Gasteiger partial charge in [-0.15, -0.1) is 0 Å². The van der Waals surface area contributed by atoms with Gasteiger partial charge in [0.1, 0.15) is 6.04 Å². The Morgan fingerprint density at radius 3 is 2.19 bits per heavy atom. The Labute approximate surface area is 152 Å². The Kier molecular flexibility index (Phi) is 12.9. The average molecular weight is 372 g/mol. The fourth-order valence-corrected chi connectivity index (χ4v) is 1.76. The molecule has 0 saturated carbocycles. The quantitative estimate of drug-likeness (QED) is 0.500. The SMILES string of the molecule is [CH2-]C(=O)NC(C(C)C)C1NC(=O)NC1=O.[CH2-]CCCC.[Y]. The van der Waals surface area contributed by atoms with Gasteiger partial charge in [-0.25, -0.2) is 4.79 Å². The van der Waals surface area contributed by atoms with Crippen LogP contribution in [0.15, 0.2) is 0 Å². The number of carbonyl (C=O) groups is 3. The van der Waals surface area contributed by atoms with Crippen LogP contribution in [0, 0.1) is 19.8 Å². The van der Waals surface area contributed by atoms with E-state index in [-0.39, 0.29) is 38.6 Å². The molecule has 0 aromatic heterocycles. The Morgan fingerprint density at radius 1 is 1.38 bits per heavy atom. The molecule has 1 aliphatic heterocycles. The Balaban J connectivity index is 0. The van der Waals surface area contributed by atoms with E-state index >= 15 is 0 Å². The molecule has 7 heteroatoms. The summed E-state index contributed by atoms with van der Waals surface area (Å²) in [6, 6.07) is -1.70. The molecular formula is C14H25N3O3Y-2. The van der Waals surface area contributed by atoms with Gasteiger partial charge < -0.3 is 29.3 Å². The van der Waals surface area contributed by atoms with Crippen molar-refractivity contribution in [3.63, 3.8) is 0 Å². The number of rotatable bonds is 5. The summed E-state index contributed by atoms with van der Waals surface area (Å²) < 4.78 is 0. The number of urea groups is 1. The Morgan fingerprint density at radius 2 is 1.95 bits per heavy atom. The molecule has 6 nitrogen and oxygen atoms in total. The van der Waals surface area contributed by atoms with Crippen LogP contribution in [0.5, 0.6) is 0 Å². The first-order valence-electron chi connectivity index (χ1n) is 6.86. The van der Waals surface area contributed by atoms with Crippen LogP contribution in [0.3, 0.4) is 0 Å². The molecule has 0 aliphatic carbocycles. The van der Waals surface area contributed by atoms with E-state index in [9.17, 15) is 14.4 Å². The van der Waals surface area contributed by atoms with Crippen LogP contribution in [-0.2, 0) is 42.3 Å². The summed E-state index contributed by atoms with van der Waals surface area (Å²) in [7, 11) is 0. The molecule has 2 unspecified atom stereocenters. The predicted octanol–water partition coefficient (Wildman–Crippen LogP) is 1.18. The molecule has 1 heterocycles. The summed E-state index contributed by atoms with van der Waals surface area (Å²) in [5.41, 5.74) is 0. The van der Waals surface area contributed by atoms with Gasteiger partial charge in [0.2, 0.25) is 0 Å². The number of hydrogen-bond donors (Lipinski definition) is 3. The summed E-state index contributed by atoms with van der Waals surface area (Å²) in [6.07, 6.45) is 3.65. The molecule has 1 saturated heterocycles. The molecule has 1 rings (SSSR count). The molecule has 1 fully saturated rings. The van der Waals surface area contributed by atoms with Crippen LogP contribution in [-0.4, -0.2) is 29.9 Å². The molecule has 4 amide bonds. The standard InChI is InChI=1S/C9H14N3O3.C5H11.Y/c1-4(2)6(10-5(3)13)7-8(14)12-9(15)11-7;1-3-5-4-2;/h4,6-7H,3H2,1-2H3,(H,10,13)(H2,11,12,14,15);1,3-5H2,2H3;/q2*-1;. The van der Waals surface area contributed by atoms with E-state index in [0.29, 0.717) is 0 Å². The molecule has 0 aromatic carbocycles. The second-order valence-corrected chi connectivity index (χ2v) is 4.98. The summed E-state index contributed by atoms with van der Waals surface area (Å²) in [5, 5.41) is 7.11. The van der Waals surface area contributed by atoms with Crippen molar-refractivity contribution in [2.75, 3.05) is 0 Å². The van der Waals surface area contributed by atoms with Crippen molar-refractivity contribution < 1.29 is 47.1 Å². The molecule has 21 heavy (non-hydrogen) atoms. The van der Waals surface area contributed by atoms with Gasteiger partial charge in [0, 0.05) is 32.7 Å². The van der Waals surface area contributed by atoms with E-state index in [2.05, 4.69) is 36.7 Å². The number of imide groups is 1. The van der Waals surface area contributed by atoms with Crippen LogP contribution < -0.4 is 16.0 Å². The van der Waals surface area contributed by atoms with Gasteiger partial charge in [-0.05, 0) is 5.92 Å². The van der Waals surface area contributed by atoms with E-state index in [1.807, 2.05) is 13.8 Å². The minimum absolute atomic E-state index is 0. The fraction of sp³-hybridized carbons (Fsp3) is 0.643. The monoisotopic (exact) mass is 372 g/mol. The van der Waals surface area contributed by atoms with Crippen molar-refractivity contribution in [3.8, 4) is 0 Å². The van der Waals surface area contributed by atoms with Crippen LogP contribution >= 0.6 is 0 Å². The smallest absolute Gasteiger partial charge is 0.322 e. The van der Waals surface area contributed by atoms with Crippen LogP contribution in [0.2, 0.25) is 0 Å². The third kappa shape index (κ3) is 9.09. The zero-order chi connectivity index (χ0) is 15.7. The maximum Gasteiger partial charge on any atom is 0.322 e. The first-order valence-corrected chi connectivity index (χ1v) is 6.86. The minimum Gasteiger partial charge on any atom is -0.375 e. The first kappa shape index (κ1) is 22.7. The van der Waals surface area contributed by atoms with Gasteiger partial charge >= 0.3 is 6.03 Å². The number of carbonyl (C=O) groups excluding carboxylic acids is 3. The third-order valence-electron chi connectivity index (χ3n) is 2.81. The molecule has 2 atom stereocenters. The van der Waals surface area contributed by atoms with Crippen molar-refractivity contribution in [1.82, 2.24) is 16.0 Å². The molecule has 0 aromatic rings. The number of hydrogen-bond acceptors (Lipinski definition) is 3. The molecular weight excluding hydrogens is 347 g/mol. The fourth-order valence-electron chi connectivity index (χ4n) is 1.76. The molecule has 1 aliphatic rings. The Hall–Kier alpha value is -0.616. The number of unbranched alkanes of at least 4 members (excludes halogenated alkanes) is 2. The summed E-state index contributed by atoms with van der Waals surface area (Å²) in [5.74, 6) is -0.875. The molecule has 0 bridgehead atoms. The van der Waals surface area contributed by atoms with E-state index in [0.717, 1.165) is 6.42 Å². The summed E-state index contributed by atoms with van der Waals surface area (Å²) in [6.45, 7) is 12.7. The van der Waals surface area contributed by atoms with Crippen molar-refractivity contribution in [2.45, 2.75) is 52.1 Å². The van der Waals surface area contributed by atoms with Crippen molar-refractivity contribution >= 4 is 17.8 Å². The molecule has 1 radical (unpaired) electrons. The maximum atomic E-state index is 11.3. The normalized spacial score (nSPS) is 17.9. The summed E-state index contributed by atoms with van der Waals surface area (Å²) in [4.78, 5) is 33.1. The van der Waals surface area contributed by atoms with E-state index in [4.69, 9.17) is 0 Å². The first-order chi connectivity index (χ1) is 9.33. The van der Waals surface area contributed by atoms with Gasteiger partial charge in [-0.3, -0.25) is 10.1 Å². The van der Waals surface area contributed by atoms with Crippen molar-refractivity contribution in [2.24, 2.45) is 5.92 Å². The van der Waals surface area contributed by atoms with Gasteiger partial charge in [0.15, 0.2) is 0 Å². The van der Waals surface area contributed by atoms with Crippen LogP contribution in [0.25, 0.3) is 0 Å². The number of amides is 4. The van der Waals surface area contributed by atoms with Gasteiger partial charge in [-0.2, -0.15) is 6.42 Å². The van der Waals surface area contributed by atoms with Gasteiger partial charge in [0.25, 0.3) is 5.91 Å². The van der Waals surface area contributed by atoms with Crippen molar-refractivity contribution in [3.05, 3.63) is 13.8 Å². The third-order valence-corrected chi connectivity index (χ3v) is 2.81. The van der Waals surface area contributed by atoms with Gasteiger partial charge in [0.05, 0.1) is 11.9 Å². The van der Waals surface area contributed by atoms with E-state index in [1.54, 1.807) is 0 Å². The average Bonchev–Trinajstić information content (AvgIpc) is 2.66. The minimum atomic E-state index is -0.719. The Bertz CT molecular complexity index is 346. The van der Waals surface area contributed by atoms with Gasteiger partial charge in [-0.1, -0.05) is 33.6 Å². The second-order valence-electron chi connectivity index (χ2n) is 4.98. The predicted molar refractivity (Wildman–Crippen MR) is 77.5 cm³/mol. The molecule has 3 N–H and O–H groups in total.